The van der Waals surface area contributed by atoms with Gasteiger partial charge in [0, 0.05) is 43.6 Å². The summed E-state index contributed by atoms with van der Waals surface area (Å²) in [6.07, 6.45) is 3.78. The van der Waals surface area contributed by atoms with Crippen LogP contribution in [0.5, 0.6) is 0 Å². The molecule has 0 spiro atoms. The van der Waals surface area contributed by atoms with Crippen molar-refractivity contribution in [2.45, 2.75) is 39.7 Å². The van der Waals surface area contributed by atoms with Crippen LogP contribution in [0.3, 0.4) is 0 Å². The topological polar surface area (TPSA) is 68.9 Å². The third kappa shape index (κ3) is 3.55. The van der Waals surface area contributed by atoms with Crippen molar-refractivity contribution in [2.75, 3.05) is 29.9 Å². The van der Waals surface area contributed by atoms with Crippen molar-refractivity contribution in [3.63, 3.8) is 0 Å². The number of hydrogen-bond donors (Lipinski definition) is 0. The van der Waals surface area contributed by atoms with Crippen LogP contribution < -0.4 is 9.80 Å². The molecule has 3 heterocycles. The molecule has 3 rings (SSSR count). The highest BCUT2D eigenvalue weighted by Crippen LogP contribution is 2.27. The van der Waals surface area contributed by atoms with Crippen LogP contribution in [0.1, 0.15) is 35.4 Å². The van der Waals surface area contributed by atoms with Crippen molar-refractivity contribution in [1.82, 2.24) is 15.0 Å². The predicted molar refractivity (Wildman–Crippen MR) is 98.8 cm³/mol. The van der Waals surface area contributed by atoms with Gasteiger partial charge in [0.05, 0.1) is 5.56 Å². The fraction of sp³-hybridized carbons (Fsp3) is 0.474. The largest absolute Gasteiger partial charge is 0.355 e. The molecule has 1 fully saturated rings. The zero-order valence-corrected chi connectivity index (χ0v) is 15.3. The maximum absolute atomic E-state index is 9.56. The number of nitrogens with zero attached hydrogens (tertiary/aromatic N) is 6. The smallest absolute Gasteiger partial charge is 0.147 e. The first kappa shape index (κ1) is 17.2. The minimum Gasteiger partial charge on any atom is -0.355 e. The van der Waals surface area contributed by atoms with Crippen LogP contribution >= 0.6 is 0 Å². The second kappa shape index (κ2) is 7.06. The van der Waals surface area contributed by atoms with Gasteiger partial charge in [-0.2, -0.15) is 5.26 Å². The molecule has 1 aliphatic heterocycles. The fourth-order valence-corrected chi connectivity index (χ4v) is 3.47. The lowest BCUT2D eigenvalue weighted by Crippen LogP contribution is -2.47. The molecule has 1 saturated heterocycles. The second-order valence-corrected chi connectivity index (χ2v) is 6.76. The summed E-state index contributed by atoms with van der Waals surface area (Å²) < 4.78 is 0. The molecule has 1 atom stereocenters. The molecule has 130 valence electrons. The Kier molecular flexibility index (Phi) is 4.84. The Labute approximate surface area is 149 Å². The average Bonchev–Trinajstić information content (AvgIpc) is 2.60. The fourth-order valence-electron chi connectivity index (χ4n) is 3.47. The van der Waals surface area contributed by atoms with Crippen LogP contribution in [0.4, 0.5) is 11.6 Å². The molecule has 0 bridgehead atoms. The molecule has 6 nitrogen and oxygen atoms in total. The van der Waals surface area contributed by atoms with Gasteiger partial charge in [0.25, 0.3) is 0 Å². The summed E-state index contributed by atoms with van der Waals surface area (Å²) in [5, 5.41) is 9.56. The van der Waals surface area contributed by atoms with Crippen molar-refractivity contribution in [1.29, 1.82) is 5.26 Å². The van der Waals surface area contributed by atoms with Gasteiger partial charge in [-0.15, -0.1) is 0 Å². The zero-order chi connectivity index (χ0) is 18.0. The van der Waals surface area contributed by atoms with Crippen LogP contribution in [0, 0.1) is 32.1 Å². The van der Waals surface area contributed by atoms with Gasteiger partial charge in [-0.25, -0.2) is 15.0 Å². The van der Waals surface area contributed by atoms with Gasteiger partial charge in [0.1, 0.15) is 24.0 Å². The number of piperidine rings is 1. The molecule has 0 saturated carbocycles. The number of nitriles is 1. The summed E-state index contributed by atoms with van der Waals surface area (Å²) in [5.41, 5.74) is 3.60. The van der Waals surface area contributed by atoms with E-state index in [4.69, 9.17) is 0 Å². The summed E-state index contributed by atoms with van der Waals surface area (Å²) in [4.78, 5) is 17.7. The molecule has 25 heavy (non-hydrogen) atoms. The zero-order valence-electron chi connectivity index (χ0n) is 15.3. The van der Waals surface area contributed by atoms with Gasteiger partial charge in [-0.1, -0.05) is 0 Å². The molecule has 6 heteroatoms. The van der Waals surface area contributed by atoms with Crippen LogP contribution in [-0.4, -0.2) is 41.1 Å². The Balaban J connectivity index is 1.86. The maximum Gasteiger partial charge on any atom is 0.147 e. The number of rotatable bonds is 3. The SMILES string of the molecule is Cc1cc(N(C)C2CCCN(c3nc(C)cc(C)c3C#N)C2)ncn1. The lowest BCUT2D eigenvalue weighted by molar-refractivity contribution is 0.482. The lowest BCUT2D eigenvalue weighted by atomic mass is 10.0. The van der Waals surface area contributed by atoms with E-state index in [0.29, 0.717) is 11.6 Å². The summed E-state index contributed by atoms with van der Waals surface area (Å²) in [5.74, 6) is 1.75. The third-order valence-electron chi connectivity index (χ3n) is 4.83. The molecule has 1 unspecified atom stereocenters. The summed E-state index contributed by atoms with van der Waals surface area (Å²) >= 11 is 0. The van der Waals surface area contributed by atoms with Gasteiger partial charge in [-0.05, 0) is 45.2 Å². The number of anilines is 2. The quantitative estimate of drug-likeness (QED) is 0.858. The summed E-state index contributed by atoms with van der Waals surface area (Å²) in [6.45, 7) is 7.70. The Hall–Kier alpha value is -2.68. The van der Waals surface area contributed by atoms with Crippen molar-refractivity contribution in [2.24, 2.45) is 0 Å². The molecule has 0 amide bonds. The second-order valence-electron chi connectivity index (χ2n) is 6.76. The number of likely N-dealkylation sites (N-methyl/N-ethyl adjacent to an activating group) is 1. The van der Waals surface area contributed by atoms with E-state index in [-0.39, 0.29) is 0 Å². The van der Waals surface area contributed by atoms with Crippen molar-refractivity contribution < 1.29 is 0 Å². The summed E-state index contributed by atoms with van der Waals surface area (Å²) in [7, 11) is 2.08. The molecule has 1 aliphatic rings. The van der Waals surface area contributed by atoms with Gasteiger partial charge in [0.15, 0.2) is 0 Å². The number of hydrogen-bond acceptors (Lipinski definition) is 6. The first-order valence-electron chi connectivity index (χ1n) is 8.64. The van der Waals surface area contributed by atoms with Crippen LogP contribution in [-0.2, 0) is 0 Å². The monoisotopic (exact) mass is 336 g/mol. The minimum atomic E-state index is 0.331. The van der Waals surface area contributed by atoms with Crippen LogP contribution in [0.15, 0.2) is 18.5 Å². The molecule has 0 radical (unpaired) electrons. The Morgan fingerprint density at radius 1 is 1.20 bits per heavy atom. The first-order valence-corrected chi connectivity index (χ1v) is 8.64. The van der Waals surface area contributed by atoms with Crippen LogP contribution in [0.2, 0.25) is 0 Å². The van der Waals surface area contributed by atoms with Gasteiger partial charge in [0.2, 0.25) is 0 Å². The first-order chi connectivity index (χ1) is 12.0. The Morgan fingerprint density at radius 2 is 2.00 bits per heavy atom. The highest BCUT2D eigenvalue weighted by atomic mass is 15.3. The standard InChI is InChI=1S/C19H24N6/c1-13-8-15(3)23-19(17(13)10-20)25-7-5-6-16(11-25)24(4)18-9-14(2)21-12-22-18/h8-9,12,16H,5-7,11H2,1-4H3. The van der Waals surface area contributed by atoms with E-state index in [0.717, 1.165) is 54.5 Å². The van der Waals surface area contributed by atoms with E-state index in [1.165, 1.54) is 0 Å². The minimum absolute atomic E-state index is 0.331. The van der Waals surface area contributed by atoms with Gasteiger partial charge >= 0.3 is 0 Å². The van der Waals surface area contributed by atoms with Gasteiger partial charge in [-0.3, -0.25) is 0 Å². The van der Waals surface area contributed by atoms with Crippen molar-refractivity contribution in [3.8, 4) is 6.07 Å². The van der Waals surface area contributed by atoms with E-state index < -0.39 is 0 Å². The Morgan fingerprint density at radius 3 is 2.72 bits per heavy atom. The summed E-state index contributed by atoms with van der Waals surface area (Å²) in [6, 6.07) is 6.64. The van der Waals surface area contributed by atoms with E-state index in [1.54, 1.807) is 6.33 Å². The molecule has 2 aromatic rings. The van der Waals surface area contributed by atoms with Crippen molar-refractivity contribution >= 4 is 11.6 Å². The van der Waals surface area contributed by atoms with E-state index in [1.807, 2.05) is 32.9 Å². The molecule has 0 aliphatic carbocycles. The molecule has 0 N–H and O–H groups in total. The molecular weight excluding hydrogens is 312 g/mol. The van der Waals surface area contributed by atoms with E-state index in [2.05, 4.69) is 37.9 Å². The predicted octanol–water partition coefficient (Wildman–Crippen LogP) is 2.77. The average molecular weight is 336 g/mol. The molecular formula is C19H24N6. The molecule has 2 aromatic heterocycles. The lowest BCUT2D eigenvalue weighted by Gasteiger charge is -2.39. The van der Waals surface area contributed by atoms with Crippen LogP contribution in [0.25, 0.3) is 0 Å². The maximum atomic E-state index is 9.56. The Bertz CT molecular complexity index is 810. The highest BCUT2D eigenvalue weighted by molar-refractivity contribution is 5.58. The molecule has 0 aromatic carbocycles. The number of pyridine rings is 1. The highest BCUT2D eigenvalue weighted by Gasteiger charge is 2.27. The van der Waals surface area contributed by atoms with E-state index >= 15 is 0 Å². The van der Waals surface area contributed by atoms with E-state index in [9.17, 15) is 5.26 Å². The van der Waals surface area contributed by atoms with Crippen molar-refractivity contribution in [3.05, 3.63) is 41.0 Å². The number of aromatic nitrogens is 3. The van der Waals surface area contributed by atoms with Gasteiger partial charge < -0.3 is 9.80 Å². The third-order valence-corrected chi connectivity index (χ3v) is 4.83. The number of aryl methyl sites for hydroxylation is 3. The normalized spacial score (nSPS) is 17.2.